The van der Waals surface area contributed by atoms with Crippen LogP contribution in [0.3, 0.4) is 0 Å². The molecule has 0 aliphatic carbocycles. The molecule has 14 aromatic carbocycles. The second kappa shape index (κ2) is 24.1. The van der Waals surface area contributed by atoms with E-state index in [1.54, 1.807) is 12.1 Å². The van der Waals surface area contributed by atoms with Gasteiger partial charge in [0.1, 0.15) is 17.3 Å². The highest BCUT2D eigenvalue weighted by atomic mass is 35.5. The summed E-state index contributed by atoms with van der Waals surface area (Å²) in [7, 11) is 0. The van der Waals surface area contributed by atoms with Gasteiger partial charge in [-0.15, -0.1) is 0 Å². The van der Waals surface area contributed by atoms with Crippen LogP contribution in [0.4, 0.5) is 55.6 Å². The quantitative estimate of drug-likeness (QED) is 0.134. The van der Waals surface area contributed by atoms with Gasteiger partial charge in [-0.1, -0.05) is 295 Å². The van der Waals surface area contributed by atoms with Crippen molar-refractivity contribution in [1.29, 1.82) is 0 Å². The van der Waals surface area contributed by atoms with E-state index in [-0.39, 0.29) is 17.9 Å². The molecular formula is C92H68B2Cl2FN3O. The lowest BCUT2D eigenvalue weighted by Gasteiger charge is -2.47. The van der Waals surface area contributed by atoms with Gasteiger partial charge >= 0.3 is 0 Å². The van der Waals surface area contributed by atoms with E-state index in [1.807, 2.05) is 18.2 Å². The van der Waals surface area contributed by atoms with Gasteiger partial charge in [0.05, 0.1) is 17.1 Å². The smallest absolute Gasteiger partial charge is 0.256 e. The van der Waals surface area contributed by atoms with Crippen LogP contribution in [-0.4, -0.2) is 13.4 Å². The zero-order valence-corrected chi connectivity index (χ0v) is 58.4. The maximum atomic E-state index is 17.3. The fraction of sp³-hybridized carbons (Fsp3) is 0.0870. The Balaban J connectivity index is 0.979. The predicted molar refractivity (Wildman–Crippen MR) is 426 cm³/mol. The number of hydrogen-bond acceptors (Lipinski definition) is 4. The number of nitrogens with zero attached hydrogens (tertiary/aromatic N) is 3. The standard InChI is InChI=1S/C92H68B2Cl2FN3O/c1-91(2,3)63-46-81-86-82(47-63)100(90-72(61-36-21-11-22-37-61)52-66(96)53-73(90)62-38-23-12-24-39-62)80-56-84-77(55-76(80)93(86)75-45-44-67(97)54-79(75)99(81)89-70(59-32-17-9-18-33-59)50-65(95)51-71(89)60-34-19-10-20-35-60)94-74-42-25-26-43-78(74)98(83-48-64(92(4,5)6)49-85(101-84)87(83)94)88-68(57-28-13-7-14-29-57)40-27-41-69(88)58-30-15-8-16-31-58/h7-56H,1-6H3. The van der Waals surface area contributed by atoms with Crippen LogP contribution in [0.2, 0.25) is 10.0 Å². The molecule has 0 saturated carbocycles. The Kier molecular flexibility index (Phi) is 14.8. The van der Waals surface area contributed by atoms with Crippen LogP contribution >= 0.6 is 23.2 Å². The van der Waals surface area contributed by atoms with Crippen molar-refractivity contribution < 1.29 is 9.13 Å². The van der Waals surface area contributed by atoms with Crippen LogP contribution < -0.4 is 52.2 Å². The Hall–Kier alpha value is -11.1. The summed E-state index contributed by atoms with van der Waals surface area (Å²) < 4.78 is 25.2. The lowest BCUT2D eigenvalue weighted by molar-refractivity contribution is 0.483. The van der Waals surface area contributed by atoms with E-state index < -0.39 is 12.1 Å². The summed E-state index contributed by atoms with van der Waals surface area (Å²) in [5.74, 6) is 1.22. The molecule has 18 rings (SSSR count). The first kappa shape index (κ1) is 62.2. The van der Waals surface area contributed by atoms with Crippen LogP contribution in [0.5, 0.6) is 11.5 Å². The molecular weight excluding hydrogens is 1270 g/mol. The molecule has 101 heavy (non-hydrogen) atoms. The van der Waals surface area contributed by atoms with Gasteiger partial charge in [-0.05, 0) is 155 Å². The molecule has 4 nitrogen and oxygen atoms in total. The predicted octanol–water partition coefficient (Wildman–Crippen LogP) is 22.2. The van der Waals surface area contributed by atoms with E-state index in [0.29, 0.717) is 10.0 Å². The molecule has 0 saturated heterocycles. The molecule has 0 bridgehead atoms. The number of anilines is 9. The summed E-state index contributed by atoms with van der Waals surface area (Å²) in [4.78, 5) is 7.44. The van der Waals surface area contributed by atoms with E-state index in [1.165, 1.54) is 0 Å². The molecule has 14 aromatic rings. The van der Waals surface area contributed by atoms with Crippen molar-refractivity contribution in [3.8, 4) is 78.3 Å². The molecule has 0 aromatic heterocycles. The lowest BCUT2D eigenvalue weighted by atomic mass is 9.30. The van der Waals surface area contributed by atoms with Gasteiger partial charge in [0.15, 0.2) is 0 Å². The summed E-state index contributed by atoms with van der Waals surface area (Å²) in [6.45, 7) is 13.0. The van der Waals surface area contributed by atoms with E-state index >= 15 is 4.39 Å². The number of rotatable bonds is 9. The molecule has 0 fully saturated rings. The minimum absolute atomic E-state index is 0.291. The van der Waals surface area contributed by atoms with Gasteiger partial charge in [-0.2, -0.15) is 0 Å². The van der Waals surface area contributed by atoms with Crippen molar-refractivity contribution in [2.24, 2.45) is 0 Å². The van der Waals surface area contributed by atoms with Gasteiger partial charge in [-0.25, -0.2) is 4.39 Å². The zero-order chi connectivity index (χ0) is 68.6. The maximum Gasteiger partial charge on any atom is 0.256 e. The SMILES string of the molecule is CC(C)(C)c1cc2c3c(c1)N(c1c(-c4ccccc4)cccc1-c1ccccc1)c1ccccc1B3c1cc3c(cc1O2)N(c1c(-c2ccccc2)cc(Cl)cc1-c1ccccc1)c1cc(C(C)(C)C)cc2c1B3c1ccc(F)cc1N2c1c(-c2ccccc2)cc(Cl)cc1-c1ccccc1. The third-order valence-corrected chi connectivity index (χ3v) is 21.4. The molecule has 484 valence electrons. The van der Waals surface area contributed by atoms with Crippen molar-refractivity contribution in [2.45, 2.75) is 52.4 Å². The van der Waals surface area contributed by atoms with E-state index in [9.17, 15) is 0 Å². The summed E-state index contributed by atoms with van der Waals surface area (Å²) in [6.07, 6.45) is 0. The third kappa shape index (κ3) is 10.3. The zero-order valence-electron chi connectivity index (χ0n) is 56.9. The molecule has 4 heterocycles. The normalized spacial score (nSPS) is 13.2. The van der Waals surface area contributed by atoms with Crippen LogP contribution in [0, 0.1) is 5.82 Å². The molecule has 0 amide bonds. The van der Waals surface area contributed by atoms with Crippen LogP contribution in [0.1, 0.15) is 52.7 Å². The Morgan fingerprint density at radius 2 is 0.644 bits per heavy atom. The first-order valence-corrected chi connectivity index (χ1v) is 35.5. The minimum atomic E-state index is -0.455. The lowest BCUT2D eigenvalue weighted by Crippen LogP contribution is -2.64. The van der Waals surface area contributed by atoms with Crippen molar-refractivity contribution in [2.75, 3.05) is 14.7 Å². The summed E-state index contributed by atoms with van der Waals surface area (Å²) in [5.41, 5.74) is 28.7. The van der Waals surface area contributed by atoms with Gasteiger partial charge in [0.25, 0.3) is 13.4 Å². The Labute approximate surface area is 601 Å². The molecule has 0 unspecified atom stereocenters. The van der Waals surface area contributed by atoms with Crippen LogP contribution in [0.25, 0.3) is 66.8 Å². The highest BCUT2D eigenvalue weighted by Crippen LogP contribution is 2.56. The number of para-hydroxylation sites is 2. The molecule has 0 N–H and O–H groups in total. The average Bonchev–Trinajstić information content (AvgIpc) is 0.685. The Bertz CT molecular complexity index is 5470. The van der Waals surface area contributed by atoms with Crippen LogP contribution in [0.15, 0.2) is 303 Å². The molecule has 0 spiro atoms. The summed E-state index contributed by atoms with van der Waals surface area (Å²) in [5, 5.41) is 1.20. The fourth-order valence-corrected chi connectivity index (χ4v) is 16.7. The number of fused-ring (bicyclic) bond motifs is 8. The number of ether oxygens (including phenoxy) is 1. The monoisotopic (exact) mass is 1340 g/mol. The Morgan fingerprint density at radius 3 is 1.09 bits per heavy atom. The van der Waals surface area contributed by atoms with Gasteiger partial charge in [-0.3, -0.25) is 0 Å². The largest absolute Gasteiger partial charge is 0.458 e. The van der Waals surface area contributed by atoms with Gasteiger partial charge in [0.2, 0.25) is 0 Å². The summed E-state index contributed by atoms with van der Waals surface area (Å²) >= 11 is 15.0. The van der Waals surface area contributed by atoms with E-state index in [0.717, 1.165) is 173 Å². The molecule has 9 heteroatoms. The molecule has 0 radical (unpaired) electrons. The molecule has 4 aliphatic rings. The molecule has 0 atom stereocenters. The second-order valence-corrected chi connectivity index (χ2v) is 30.0. The first-order chi connectivity index (χ1) is 49.1. The van der Waals surface area contributed by atoms with Gasteiger partial charge < -0.3 is 19.4 Å². The second-order valence-electron chi connectivity index (χ2n) is 29.1. The van der Waals surface area contributed by atoms with Gasteiger partial charge in [0, 0.05) is 83.6 Å². The van der Waals surface area contributed by atoms with E-state index in [4.69, 9.17) is 27.9 Å². The third-order valence-electron chi connectivity index (χ3n) is 20.9. The summed E-state index contributed by atoms with van der Waals surface area (Å²) in [6, 6.07) is 108. The molecule has 4 aliphatic heterocycles. The Morgan fingerprint density at radius 1 is 0.287 bits per heavy atom. The maximum absolute atomic E-state index is 17.3. The topological polar surface area (TPSA) is 19.0 Å². The van der Waals surface area contributed by atoms with E-state index in [2.05, 4.69) is 329 Å². The highest BCUT2D eigenvalue weighted by Gasteiger charge is 2.50. The fourth-order valence-electron chi connectivity index (χ4n) is 16.3. The first-order valence-electron chi connectivity index (χ1n) is 34.8. The van der Waals surface area contributed by atoms with Crippen molar-refractivity contribution in [3.63, 3.8) is 0 Å². The minimum Gasteiger partial charge on any atom is -0.458 e. The highest BCUT2D eigenvalue weighted by molar-refractivity contribution is 7.02. The van der Waals surface area contributed by atoms with Crippen molar-refractivity contribution in [1.82, 2.24) is 0 Å². The van der Waals surface area contributed by atoms with Crippen molar-refractivity contribution in [3.05, 3.63) is 330 Å². The number of benzene rings is 14. The van der Waals surface area contributed by atoms with Crippen LogP contribution in [-0.2, 0) is 10.8 Å². The van der Waals surface area contributed by atoms with Crippen molar-refractivity contribution >= 4 is 121 Å². The number of hydrogen-bond donors (Lipinski definition) is 0. The average molecular weight is 1340 g/mol. The number of halogens is 3.